The van der Waals surface area contributed by atoms with Gasteiger partial charge in [0.15, 0.2) is 0 Å². The Hall–Kier alpha value is -2.38. The second-order valence-electron chi connectivity index (χ2n) is 10.9. The molecule has 7 nitrogen and oxygen atoms in total. The third kappa shape index (κ3) is 5.81. The van der Waals surface area contributed by atoms with Crippen molar-refractivity contribution in [2.24, 2.45) is 11.3 Å². The molecule has 1 saturated heterocycles. The minimum absolute atomic E-state index is 0.0156. The van der Waals surface area contributed by atoms with Crippen LogP contribution in [0.4, 0.5) is 0 Å². The minimum atomic E-state index is -0.436. The number of benzene rings is 1. The van der Waals surface area contributed by atoms with Crippen LogP contribution >= 0.6 is 0 Å². The molecule has 2 heterocycles. The van der Waals surface area contributed by atoms with Crippen LogP contribution in [0.3, 0.4) is 0 Å². The first-order valence-corrected chi connectivity index (χ1v) is 12.7. The fraction of sp³-hybridized carbons (Fsp3) is 0.630. The van der Waals surface area contributed by atoms with Gasteiger partial charge in [-0.2, -0.15) is 0 Å². The number of aromatic nitrogens is 1. The van der Waals surface area contributed by atoms with E-state index in [9.17, 15) is 9.59 Å². The average Bonchev–Trinajstić information content (AvgIpc) is 3.60. The van der Waals surface area contributed by atoms with Gasteiger partial charge in [0.05, 0.1) is 5.92 Å². The number of carbonyl (C=O) groups is 2. The highest BCUT2D eigenvalue weighted by molar-refractivity contribution is 5.85. The summed E-state index contributed by atoms with van der Waals surface area (Å²) in [6.07, 6.45) is 6.00. The maximum Gasteiger partial charge on any atom is 0.227 e. The van der Waals surface area contributed by atoms with Crippen molar-refractivity contribution >= 4 is 22.7 Å². The summed E-state index contributed by atoms with van der Waals surface area (Å²) in [5, 5.41) is 7.75. The Bertz CT molecular complexity index is 1000. The molecule has 2 aromatic rings. The number of aryl methyl sites for hydroxylation is 1. The Balaban J connectivity index is 1.48. The highest BCUT2D eigenvalue weighted by Gasteiger charge is 2.38. The molecule has 2 unspecified atom stereocenters. The van der Waals surface area contributed by atoms with Crippen molar-refractivity contribution in [3.8, 4) is 0 Å². The van der Waals surface area contributed by atoms with E-state index in [0.29, 0.717) is 32.1 Å². The van der Waals surface area contributed by atoms with E-state index >= 15 is 0 Å². The van der Waals surface area contributed by atoms with Crippen LogP contribution in [0.15, 0.2) is 30.5 Å². The van der Waals surface area contributed by atoms with Gasteiger partial charge in [-0.15, -0.1) is 0 Å². The van der Waals surface area contributed by atoms with Crippen LogP contribution < -0.4 is 10.6 Å². The Kier molecular flexibility index (Phi) is 7.63. The van der Waals surface area contributed by atoms with Gasteiger partial charge in [-0.05, 0) is 37.3 Å². The third-order valence-corrected chi connectivity index (χ3v) is 6.95. The van der Waals surface area contributed by atoms with Crippen molar-refractivity contribution in [1.29, 1.82) is 0 Å². The molecule has 4 rings (SSSR count). The molecule has 1 saturated carbocycles. The molecule has 0 spiro atoms. The van der Waals surface area contributed by atoms with Gasteiger partial charge >= 0.3 is 0 Å². The lowest BCUT2D eigenvalue weighted by Gasteiger charge is -2.34. The van der Waals surface area contributed by atoms with Gasteiger partial charge in [0, 0.05) is 74.5 Å². The standard InChI is InChI=1S/C27H40N4O3/c1-27(2,3)26(33)29-21-14-19(15-28-16-21)25(32)31(22-10-11-22)18-20-17-30(12-7-13-34-4)24-9-6-5-8-23(20)24/h5-6,8-9,17,19,21-22,28H,7,10-16,18H2,1-4H3,(H,29,33). The summed E-state index contributed by atoms with van der Waals surface area (Å²) in [6, 6.07) is 8.77. The number of fused-ring (bicyclic) bond motifs is 1. The van der Waals surface area contributed by atoms with Gasteiger partial charge in [0.25, 0.3) is 0 Å². The van der Waals surface area contributed by atoms with Gasteiger partial charge in [-0.25, -0.2) is 0 Å². The normalized spacial score (nSPS) is 20.9. The van der Waals surface area contributed by atoms with Crippen molar-refractivity contribution in [2.45, 2.75) is 71.6 Å². The van der Waals surface area contributed by atoms with Gasteiger partial charge in [-0.1, -0.05) is 39.0 Å². The van der Waals surface area contributed by atoms with Crippen molar-refractivity contribution < 1.29 is 14.3 Å². The van der Waals surface area contributed by atoms with E-state index in [4.69, 9.17) is 4.74 Å². The first-order valence-electron chi connectivity index (χ1n) is 12.7. The SMILES string of the molecule is COCCCn1cc(CN(C(=O)C2CNCC(NC(=O)C(C)(C)C)C2)C2CC2)c2ccccc21. The molecule has 0 radical (unpaired) electrons. The second kappa shape index (κ2) is 10.5. The number of hydrogen-bond acceptors (Lipinski definition) is 4. The highest BCUT2D eigenvalue weighted by atomic mass is 16.5. The maximum atomic E-state index is 13.7. The van der Waals surface area contributed by atoms with E-state index < -0.39 is 5.41 Å². The summed E-state index contributed by atoms with van der Waals surface area (Å²) in [4.78, 5) is 28.3. The van der Waals surface area contributed by atoms with Crippen LogP contribution in [0.5, 0.6) is 0 Å². The predicted molar refractivity (Wildman–Crippen MR) is 134 cm³/mol. The van der Waals surface area contributed by atoms with E-state index in [1.165, 1.54) is 16.5 Å². The number of carbonyl (C=O) groups excluding carboxylic acids is 2. The molecule has 0 bridgehead atoms. The number of amides is 2. The Morgan fingerprint density at radius 3 is 2.68 bits per heavy atom. The molecule has 2 amide bonds. The van der Waals surface area contributed by atoms with Crippen molar-refractivity contribution in [1.82, 2.24) is 20.1 Å². The second-order valence-corrected chi connectivity index (χ2v) is 10.9. The van der Waals surface area contributed by atoms with Crippen LogP contribution in [0.2, 0.25) is 0 Å². The van der Waals surface area contributed by atoms with Crippen molar-refractivity contribution in [2.75, 3.05) is 26.8 Å². The molecule has 2 aliphatic rings. The zero-order chi connectivity index (χ0) is 24.3. The Morgan fingerprint density at radius 2 is 1.97 bits per heavy atom. The molecule has 2 fully saturated rings. The van der Waals surface area contributed by atoms with E-state index in [2.05, 4.69) is 50.6 Å². The summed E-state index contributed by atoms with van der Waals surface area (Å²) >= 11 is 0. The van der Waals surface area contributed by atoms with Gasteiger partial charge < -0.3 is 24.8 Å². The predicted octanol–water partition coefficient (Wildman–Crippen LogP) is 3.31. The number of nitrogens with zero attached hydrogens (tertiary/aromatic N) is 2. The topological polar surface area (TPSA) is 75.6 Å². The minimum Gasteiger partial charge on any atom is -0.385 e. The molecule has 186 valence electrons. The van der Waals surface area contributed by atoms with Crippen molar-refractivity contribution in [3.05, 3.63) is 36.0 Å². The van der Waals surface area contributed by atoms with Crippen LogP contribution in [0, 0.1) is 11.3 Å². The number of ether oxygens (including phenoxy) is 1. The number of methoxy groups -OCH3 is 1. The van der Waals surface area contributed by atoms with Crippen LogP contribution in [0.25, 0.3) is 10.9 Å². The monoisotopic (exact) mass is 468 g/mol. The maximum absolute atomic E-state index is 13.7. The first kappa shape index (κ1) is 24.7. The quantitative estimate of drug-likeness (QED) is 0.554. The number of para-hydroxylation sites is 1. The van der Waals surface area contributed by atoms with E-state index in [1.807, 2.05) is 20.8 Å². The van der Waals surface area contributed by atoms with Crippen LogP contribution in [0.1, 0.15) is 52.0 Å². The molecule has 34 heavy (non-hydrogen) atoms. The average molecular weight is 469 g/mol. The molecule has 1 aliphatic carbocycles. The lowest BCUT2D eigenvalue weighted by Crippen LogP contribution is -2.54. The van der Waals surface area contributed by atoms with E-state index in [-0.39, 0.29) is 23.8 Å². The largest absolute Gasteiger partial charge is 0.385 e. The Labute approximate surface area is 203 Å². The number of rotatable bonds is 9. The highest BCUT2D eigenvalue weighted by Crippen LogP contribution is 2.33. The molecule has 1 aromatic heterocycles. The molecule has 2 N–H and O–H groups in total. The summed E-state index contributed by atoms with van der Waals surface area (Å²) in [6.45, 7) is 9.40. The molecular weight excluding hydrogens is 428 g/mol. The third-order valence-electron chi connectivity index (χ3n) is 6.95. The molecular formula is C27H40N4O3. The lowest BCUT2D eigenvalue weighted by molar-refractivity contribution is -0.138. The van der Waals surface area contributed by atoms with E-state index in [1.54, 1.807) is 7.11 Å². The fourth-order valence-corrected chi connectivity index (χ4v) is 4.85. The van der Waals surface area contributed by atoms with Gasteiger partial charge in [0.2, 0.25) is 11.8 Å². The molecule has 2 atom stereocenters. The molecule has 1 aromatic carbocycles. The smallest absolute Gasteiger partial charge is 0.227 e. The fourth-order valence-electron chi connectivity index (χ4n) is 4.85. The zero-order valence-corrected chi connectivity index (χ0v) is 21.1. The number of piperidine rings is 1. The van der Waals surface area contributed by atoms with Crippen molar-refractivity contribution in [3.63, 3.8) is 0 Å². The lowest BCUT2D eigenvalue weighted by atomic mass is 9.91. The van der Waals surface area contributed by atoms with Crippen LogP contribution in [-0.4, -0.2) is 60.2 Å². The number of nitrogens with one attached hydrogen (secondary N) is 2. The van der Waals surface area contributed by atoms with E-state index in [0.717, 1.165) is 32.4 Å². The zero-order valence-electron chi connectivity index (χ0n) is 21.1. The Morgan fingerprint density at radius 1 is 1.21 bits per heavy atom. The number of hydrogen-bond donors (Lipinski definition) is 2. The summed E-state index contributed by atoms with van der Waals surface area (Å²) in [7, 11) is 1.73. The summed E-state index contributed by atoms with van der Waals surface area (Å²) in [5.74, 6) is 0.128. The van der Waals surface area contributed by atoms with Crippen LogP contribution in [-0.2, 0) is 27.4 Å². The first-order chi connectivity index (χ1) is 16.3. The molecule has 7 heteroatoms. The summed E-state index contributed by atoms with van der Waals surface area (Å²) < 4.78 is 7.53. The van der Waals surface area contributed by atoms with Gasteiger partial charge in [-0.3, -0.25) is 9.59 Å². The van der Waals surface area contributed by atoms with Gasteiger partial charge in [0.1, 0.15) is 0 Å². The summed E-state index contributed by atoms with van der Waals surface area (Å²) in [5.41, 5.74) is 1.98. The molecule has 1 aliphatic heterocycles.